The van der Waals surface area contributed by atoms with Gasteiger partial charge in [-0.2, -0.15) is 5.26 Å². The van der Waals surface area contributed by atoms with E-state index in [1.165, 1.54) is 6.92 Å². The first-order chi connectivity index (χ1) is 5.02. The Morgan fingerprint density at radius 3 is 2.55 bits per heavy atom. The van der Waals surface area contributed by atoms with Gasteiger partial charge in [0.25, 0.3) is 0 Å². The normalized spacial score (nSPS) is 36.6. The van der Waals surface area contributed by atoms with Gasteiger partial charge in [0, 0.05) is 0 Å². The van der Waals surface area contributed by atoms with Crippen LogP contribution in [0.1, 0.15) is 13.8 Å². The lowest BCUT2D eigenvalue weighted by atomic mass is 9.85. The fourth-order valence-electron chi connectivity index (χ4n) is 1.00. The van der Waals surface area contributed by atoms with Crippen LogP contribution in [0.4, 0.5) is 0 Å². The minimum atomic E-state index is -1.13. The predicted molar refractivity (Wildman–Crippen MR) is 38.4 cm³/mol. The van der Waals surface area contributed by atoms with E-state index in [4.69, 9.17) is 10.00 Å². The number of carbonyl (C=O) groups excluding carboxylic acids is 1. The summed E-state index contributed by atoms with van der Waals surface area (Å²) in [6.07, 6.45) is -0.327. The van der Waals surface area contributed by atoms with Crippen LogP contribution in [-0.4, -0.2) is 12.1 Å². The lowest BCUT2D eigenvalue weighted by molar-refractivity contribution is -0.145. The van der Waals surface area contributed by atoms with Crippen molar-refractivity contribution in [2.24, 2.45) is 5.41 Å². The zero-order valence-electron chi connectivity index (χ0n) is 6.55. The summed E-state index contributed by atoms with van der Waals surface area (Å²) in [6.45, 7) is 6.88. The Hall–Kier alpha value is -1.30. The Morgan fingerprint density at radius 2 is 2.36 bits per heavy atom. The first-order valence-electron chi connectivity index (χ1n) is 3.34. The third-order valence-corrected chi connectivity index (χ3v) is 2.05. The maximum absolute atomic E-state index is 11.0. The van der Waals surface area contributed by atoms with E-state index in [2.05, 4.69) is 6.58 Å². The van der Waals surface area contributed by atoms with E-state index in [0.717, 1.165) is 0 Å². The quantitative estimate of drug-likeness (QED) is 0.383. The number of nitriles is 1. The highest BCUT2D eigenvalue weighted by molar-refractivity contribution is 5.86. The van der Waals surface area contributed by atoms with Gasteiger partial charge < -0.3 is 4.74 Å². The van der Waals surface area contributed by atoms with Gasteiger partial charge in [-0.15, -0.1) is 0 Å². The maximum atomic E-state index is 11.0. The van der Waals surface area contributed by atoms with Crippen molar-refractivity contribution in [1.82, 2.24) is 0 Å². The van der Waals surface area contributed by atoms with Crippen LogP contribution in [0.5, 0.6) is 0 Å². The van der Waals surface area contributed by atoms with Gasteiger partial charge in [-0.05, 0) is 19.4 Å². The van der Waals surface area contributed by atoms with Crippen LogP contribution in [0, 0.1) is 16.7 Å². The van der Waals surface area contributed by atoms with Crippen LogP contribution in [0.3, 0.4) is 0 Å². The van der Waals surface area contributed by atoms with Gasteiger partial charge in [-0.3, -0.25) is 0 Å². The molecule has 0 aliphatic carbocycles. The Balaban J connectivity index is 3.09. The van der Waals surface area contributed by atoms with Gasteiger partial charge in [-0.1, -0.05) is 6.58 Å². The molecule has 0 aromatic carbocycles. The van der Waals surface area contributed by atoms with E-state index in [0.29, 0.717) is 5.57 Å². The topological polar surface area (TPSA) is 50.1 Å². The molecule has 1 fully saturated rings. The Labute approximate surface area is 65.3 Å². The molecule has 1 aliphatic heterocycles. The molecule has 0 amide bonds. The van der Waals surface area contributed by atoms with Gasteiger partial charge in [0.2, 0.25) is 0 Å². The van der Waals surface area contributed by atoms with E-state index >= 15 is 0 Å². The third-order valence-electron chi connectivity index (χ3n) is 2.05. The maximum Gasteiger partial charge on any atom is 0.331 e. The minimum Gasteiger partial charge on any atom is -0.457 e. The van der Waals surface area contributed by atoms with Crippen molar-refractivity contribution in [3.05, 3.63) is 12.2 Å². The minimum absolute atomic E-state index is 0.327. The van der Waals surface area contributed by atoms with Crippen molar-refractivity contribution in [3.63, 3.8) is 0 Å². The van der Waals surface area contributed by atoms with E-state index in [9.17, 15) is 4.79 Å². The highest BCUT2D eigenvalue weighted by atomic mass is 16.6. The molecule has 3 heteroatoms. The zero-order valence-corrected chi connectivity index (χ0v) is 6.55. The summed E-state index contributed by atoms with van der Waals surface area (Å²) >= 11 is 0. The Bertz CT molecular complexity index is 264. The Kier molecular flexibility index (Phi) is 1.48. The first kappa shape index (κ1) is 7.80. The van der Waals surface area contributed by atoms with Gasteiger partial charge in [0.15, 0.2) is 5.41 Å². The van der Waals surface area contributed by atoms with E-state index in [-0.39, 0.29) is 6.10 Å². The molecular weight excluding hydrogens is 142 g/mol. The van der Waals surface area contributed by atoms with Crippen LogP contribution in [0.25, 0.3) is 0 Å². The number of hydrogen-bond acceptors (Lipinski definition) is 3. The molecule has 1 saturated heterocycles. The molecule has 0 N–H and O–H groups in total. The summed E-state index contributed by atoms with van der Waals surface area (Å²) < 4.78 is 4.82. The molecule has 1 aliphatic rings. The molecule has 0 radical (unpaired) electrons. The van der Waals surface area contributed by atoms with Crippen LogP contribution < -0.4 is 0 Å². The fraction of sp³-hybridized carbons (Fsp3) is 0.500. The highest BCUT2D eigenvalue weighted by Crippen LogP contribution is 2.36. The van der Waals surface area contributed by atoms with Gasteiger partial charge in [0.05, 0.1) is 6.07 Å². The van der Waals surface area contributed by atoms with Crippen molar-refractivity contribution in [1.29, 1.82) is 5.26 Å². The van der Waals surface area contributed by atoms with Crippen molar-refractivity contribution in [2.45, 2.75) is 20.0 Å². The molecule has 0 bridgehead atoms. The van der Waals surface area contributed by atoms with Crippen LogP contribution in [-0.2, 0) is 9.53 Å². The van der Waals surface area contributed by atoms with Crippen molar-refractivity contribution >= 4 is 5.97 Å². The first-order valence-corrected chi connectivity index (χ1v) is 3.34. The smallest absolute Gasteiger partial charge is 0.331 e. The molecule has 0 aromatic heterocycles. The molecule has 0 spiro atoms. The third kappa shape index (κ3) is 0.829. The van der Waals surface area contributed by atoms with Gasteiger partial charge in [0.1, 0.15) is 6.10 Å². The summed E-state index contributed by atoms with van der Waals surface area (Å²) in [5, 5.41) is 8.67. The summed E-state index contributed by atoms with van der Waals surface area (Å²) in [6, 6.07) is 1.90. The monoisotopic (exact) mass is 151 g/mol. The molecule has 3 nitrogen and oxygen atoms in total. The second-order valence-electron chi connectivity index (χ2n) is 2.81. The lowest BCUT2D eigenvalue weighted by Gasteiger charge is -2.08. The lowest BCUT2D eigenvalue weighted by Crippen LogP contribution is -2.21. The van der Waals surface area contributed by atoms with Crippen molar-refractivity contribution in [3.8, 4) is 6.07 Å². The molecular formula is C8H9NO2. The SMILES string of the molecule is C=C1C(C)OC(=O)C1(C)C#N. The van der Waals surface area contributed by atoms with E-state index in [1.807, 2.05) is 6.07 Å². The second kappa shape index (κ2) is 2.09. The number of ether oxygens (including phenoxy) is 1. The number of nitrogens with zero attached hydrogens (tertiary/aromatic N) is 1. The zero-order chi connectivity index (χ0) is 8.65. The average molecular weight is 151 g/mol. The number of cyclic esters (lactones) is 1. The molecule has 1 heterocycles. The number of esters is 1. The van der Waals surface area contributed by atoms with Crippen molar-refractivity contribution in [2.75, 3.05) is 0 Å². The highest BCUT2D eigenvalue weighted by Gasteiger charge is 2.47. The largest absolute Gasteiger partial charge is 0.457 e. The molecule has 2 atom stereocenters. The second-order valence-corrected chi connectivity index (χ2v) is 2.81. The summed E-state index contributed by atoms with van der Waals surface area (Å²) in [7, 11) is 0. The summed E-state index contributed by atoms with van der Waals surface area (Å²) in [5.41, 5.74) is -0.579. The van der Waals surface area contributed by atoms with Crippen LogP contribution >= 0.6 is 0 Å². The van der Waals surface area contributed by atoms with E-state index < -0.39 is 11.4 Å². The summed E-state index contributed by atoms with van der Waals surface area (Å²) in [5.74, 6) is -0.488. The van der Waals surface area contributed by atoms with Crippen LogP contribution in [0.15, 0.2) is 12.2 Å². The average Bonchev–Trinajstić information content (AvgIpc) is 2.16. The molecule has 2 unspecified atom stereocenters. The van der Waals surface area contributed by atoms with Crippen LogP contribution in [0.2, 0.25) is 0 Å². The van der Waals surface area contributed by atoms with Gasteiger partial charge >= 0.3 is 5.97 Å². The summed E-state index contributed by atoms with van der Waals surface area (Å²) in [4.78, 5) is 11.0. The molecule has 1 rings (SSSR count). The number of carbonyl (C=O) groups is 1. The molecule has 11 heavy (non-hydrogen) atoms. The number of hydrogen-bond donors (Lipinski definition) is 0. The molecule has 58 valence electrons. The van der Waals surface area contributed by atoms with E-state index in [1.54, 1.807) is 6.92 Å². The fourth-order valence-corrected chi connectivity index (χ4v) is 1.00. The standard InChI is InChI=1S/C8H9NO2/c1-5-6(2)11-7(10)8(5,3)4-9/h6H,1H2,2-3H3. The van der Waals surface area contributed by atoms with Gasteiger partial charge in [-0.25, -0.2) is 4.79 Å². The number of rotatable bonds is 0. The molecule has 0 saturated carbocycles. The molecule has 0 aromatic rings. The Morgan fingerprint density at radius 1 is 1.82 bits per heavy atom. The predicted octanol–water partition coefficient (Wildman–Crippen LogP) is 1.02. The van der Waals surface area contributed by atoms with Crippen molar-refractivity contribution < 1.29 is 9.53 Å².